The number of anilines is 2. The standard InChI is InChI=1S/C20H21FN4O2/c1-12-17(19(26)23-15-8-6-14(21)7-9-15)18(24-20(27)22-12)13-4-10-16(11-5-13)25(2)3/h4-11,17-18H,1-3H3,(H,23,26)(H,24,27). The molecule has 27 heavy (non-hydrogen) atoms. The van der Waals surface area contributed by atoms with Crippen LogP contribution < -0.4 is 15.5 Å². The highest BCUT2D eigenvalue weighted by atomic mass is 19.1. The van der Waals surface area contributed by atoms with Crippen LogP contribution in [0.4, 0.5) is 20.6 Å². The van der Waals surface area contributed by atoms with E-state index in [9.17, 15) is 14.0 Å². The summed E-state index contributed by atoms with van der Waals surface area (Å²) in [4.78, 5) is 30.7. The number of hydrogen-bond donors (Lipinski definition) is 2. The molecule has 3 rings (SSSR count). The largest absolute Gasteiger partial charge is 0.378 e. The Hall–Kier alpha value is -3.22. The SMILES string of the molecule is CC1=NC(=O)NC(c2ccc(N(C)C)cc2)C1C(=O)Nc1ccc(F)cc1. The molecule has 0 fully saturated rings. The number of urea groups is 1. The van der Waals surface area contributed by atoms with Gasteiger partial charge in [-0.1, -0.05) is 12.1 Å². The van der Waals surface area contributed by atoms with Gasteiger partial charge in [-0.25, -0.2) is 14.2 Å². The van der Waals surface area contributed by atoms with Gasteiger partial charge in [0.15, 0.2) is 0 Å². The van der Waals surface area contributed by atoms with Crippen molar-refractivity contribution in [3.8, 4) is 0 Å². The van der Waals surface area contributed by atoms with E-state index in [0.717, 1.165) is 11.3 Å². The van der Waals surface area contributed by atoms with Gasteiger partial charge < -0.3 is 15.5 Å². The van der Waals surface area contributed by atoms with Gasteiger partial charge in [0, 0.05) is 31.2 Å². The zero-order valence-electron chi connectivity index (χ0n) is 15.4. The van der Waals surface area contributed by atoms with Crippen LogP contribution in [0.15, 0.2) is 53.5 Å². The van der Waals surface area contributed by atoms with E-state index in [0.29, 0.717) is 11.4 Å². The van der Waals surface area contributed by atoms with Crippen molar-refractivity contribution < 1.29 is 14.0 Å². The van der Waals surface area contributed by atoms with Crippen molar-refractivity contribution in [2.75, 3.05) is 24.3 Å². The van der Waals surface area contributed by atoms with Crippen LogP contribution in [0, 0.1) is 11.7 Å². The predicted octanol–water partition coefficient (Wildman–Crippen LogP) is 3.37. The Morgan fingerprint density at radius 3 is 2.33 bits per heavy atom. The normalized spacial score (nSPS) is 19.1. The van der Waals surface area contributed by atoms with E-state index in [1.807, 2.05) is 43.3 Å². The van der Waals surface area contributed by atoms with E-state index in [2.05, 4.69) is 15.6 Å². The van der Waals surface area contributed by atoms with Crippen LogP contribution in [0.1, 0.15) is 18.5 Å². The maximum Gasteiger partial charge on any atom is 0.341 e. The summed E-state index contributed by atoms with van der Waals surface area (Å²) < 4.78 is 13.1. The van der Waals surface area contributed by atoms with Crippen molar-refractivity contribution in [1.29, 1.82) is 0 Å². The first-order valence-corrected chi connectivity index (χ1v) is 8.54. The summed E-state index contributed by atoms with van der Waals surface area (Å²) in [6, 6.07) is 12.1. The Labute approximate surface area is 157 Å². The van der Waals surface area contributed by atoms with Crippen LogP contribution in [-0.2, 0) is 4.79 Å². The maximum atomic E-state index is 13.1. The average Bonchev–Trinajstić information content (AvgIpc) is 2.63. The van der Waals surface area contributed by atoms with Crippen molar-refractivity contribution >= 4 is 29.0 Å². The van der Waals surface area contributed by atoms with Gasteiger partial charge in [-0.15, -0.1) is 0 Å². The Morgan fingerprint density at radius 2 is 1.74 bits per heavy atom. The van der Waals surface area contributed by atoms with E-state index >= 15 is 0 Å². The Kier molecular flexibility index (Phi) is 5.21. The molecular weight excluding hydrogens is 347 g/mol. The first-order chi connectivity index (χ1) is 12.8. The summed E-state index contributed by atoms with van der Waals surface area (Å²) in [6.07, 6.45) is 0. The molecule has 1 aliphatic heterocycles. The highest BCUT2D eigenvalue weighted by molar-refractivity contribution is 6.13. The van der Waals surface area contributed by atoms with Gasteiger partial charge in [0.05, 0.1) is 6.04 Å². The molecule has 3 amide bonds. The summed E-state index contributed by atoms with van der Waals surface area (Å²) in [5.41, 5.74) is 2.73. The summed E-state index contributed by atoms with van der Waals surface area (Å²) in [6.45, 7) is 1.66. The number of amides is 3. The van der Waals surface area contributed by atoms with Crippen LogP contribution in [0.2, 0.25) is 0 Å². The quantitative estimate of drug-likeness (QED) is 0.869. The molecule has 1 heterocycles. The van der Waals surface area contributed by atoms with Crippen LogP contribution in [0.3, 0.4) is 0 Å². The minimum atomic E-state index is -0.669. The Bertz CT molecular complexity index is 876. The van der Waals surface area contributed by atoms with E-state index in [-0.39, 0.29) is 11.7 Å². The van der Waals surface area contributed by atoms with Crippen molar-refractivity contribution in [1.82, 2.24) is 5.32 Å². The summed E-state index contributed by atoms with van der Waals surface area (Å²) in [5, 5.41) is 5.54. The molecule has 2 unspecified atom stereocenters. The summed E-state index contributed by atoms with van der Waals surface area (Å²) >= 11 is 0. The summed E-state index contributed by atoms with van der Waals surface area (Å²) in [5.74, 6) is -1.36. The van der Waals surface area contributed by atoms with Gasteiger partial charge in [0.1, 0.15) is 11.7 Å². The minimum Gasteiger partial charge on any atom is -0.378 e. The molecule has 0 aliphatic carbocycles. The number of benzene rings is 2. The number of halogens is 1. The third kappa shape index (κ3) is 4.13. The molecule has 1 aliphatic rings. The lowest BCUT2D eigenvalue weighted by molar-refractivity contribution is -0.118. The van der Waals surface area contributed by atoms with E-state index < -0.39 is 18.0 Å². The van der Waals surface area contributed by atoms with Crippen LogP contribution in [0.25, 0.3) is 0 Å². The van der Waals surface area contributed by atoms with Crippen molar-refractivity contribution in [3.63, 3.8) is 0 Å². The number of carbonyl (C=O) groups excluding carboxylic acids is 2. The molecule has 2 N–H and O–H groups in total. The number of carbonyl (C=O) groups is 2. The first kappa shape index (κ1) is 18.6. The lowest BCUT2D eigenvalue weighted by Crippen LogP contribution is -2.45. The zero-order chi connectivity index (χ0) is 19.6. The maximum absolute atomic E-state index is 13.1. The third-order valence-corrected chi connectivity index (χ3v) is 4.50. The number of nitrogens with one attached hydrogen (secondary N) is 2. The molecule has 0 spiro atoms. The molecule has 0 aromatic heterocycles. The molecule has 0 saturated carbocycles. The van der Waals surface area contributed by atoms with Gasteiger partial charge >= 0.3 is 6.03 Å². The molecule has 0 saturated heterocycles. The monoisotopic (exact) mass is 368 g/mol. The fraction of sp³-hybridized carbons (Fsp3) is 0.250. The second-order valence-corrected chi connectivity index (χ2v) is 6.64. The fourth-order valence-electron chi connectivity index (χ4n) is 3.07. The molecule has 2 atom stereocenters. The topological polar surface area (TPSA) is 73.8 Å². The second kappa shape index (κ2) is 7.57. The number of nitrogens with zero attached hydrogens (tertiary/aromatic N) is 2. The Balaban J connectivity index is 1.88. The molecule has 140 valence electrons. The van der Waals surface area contributed by atoms with E-state index in [1.165, 1.54) is 24.3 Å². The third-order valence-electron chi connectivity index (χ3n) is 4.50. The molecule has 6 nitrogen and oxygen atoms in total. The highest BCUT2D eigenvalue weighted by Gasteiger charge is 2.36. The average molecular weight is 368 g/mol. The Morgan fingerprint density at radius 1 is 1.11 bits per heavy atom. The molecule has 0 radical (unpaired) electrons. The number of rotatable bonds is 4. The smallest absolute Gasteiger partial charge is 0.341 e. The highest BCUT2D eigenvalue weighted by Crippen LogP contribution is 2.29. The first-order valence-electron chi connectivity index (χ1n) is 8.54. The van der Waals surface area contributed by atoms with Crippen LogP contribution >= 0.6 is 0 Å². The van der Waals surface area contributed by atoms with Gasteiger partial charge in [-0.05, 0) is 48.9 Å². The predicted molar refractivity (Wildman–Crippen MR) is 104 cm³/mol. The van der Waals surface area contributed by atoms with Crippen LogP contribution in [0.5, 0.6) is 0 Å². The van der Waals surface area contributed by atoms with Gasteiger partial charge in [-0.2, -0.15) is 0 Å². The number of hydrogen-bond acceptors (Lipinski definition) is 3. The minimum absolute atomic E-state index is 0.315. The molecule has 0 bridgehead atoms. The molecule has 2 aromatic carbocycles. The zero-order valence-corrected chi connectivity index (χ0v) is 15.4. The lowest BCUT2D eigenvalue weighted by atomic mass is 9.87. The van der Waals surface area contributed by atoms with E-state index in [4.69, 9.17) is 0 Å². The summed E-state index contributed by atoms with van der Waals surface area (Å²) in [7, 11) is 3.88. The van der Waals surface area contributed by atoms with Gasteiger partial charge in [0.25, 0.3) is 0 Å². The lowest BCUT2D eigenvalue weighted by Gasteiger charge is -2.30. The van der Waals surface area contributed by atoms with Crippen molar-refractivity contribution in [3.05, 3.63) is 59.9 Å². The van der Waals surface area contributed by atoms with Gasteiger partial charge in [0.2, 0.25) is 5.91 Å². The molecular formula is C20H21FN4O2. The molecule has 2 aromatic rings. The van der Waals surface area contributed by atoms with E-state index in [1.54, 1.807) is 6.92 Å². The second-order valence-electron chi connectivity index (χ2n) is 6.64. The fourth-order valence-corrected chi connectivity index (χ4v) is 3.07. The van der Waals surface area contributed by atoms with Crippen molar-refractivity contribution in [2.24, 2.45) is 10.9 Å². The van der Waals surface area contributed by atoms with Crippen molar-refractivity contribution in [2.45, 2.75) is 13.0 Å². The van der Waals surface area contributed by atoms with Crippen LogP contribution in [-0.4, -0.2) is 31.7 Å². The number of aliphatic imine (C=N–C) groups is 1. The van der Waals surface area contributed by atoms with Gasteiger partial charge in [-0.3, -0.25) is 4.79 Å². The molecule has 7 heteroatoms.